The van der Waals surface area contributed by atoms with E-state index in [-0.39, 0.29) is 32.0 Å². The maximum absolute atomic E-state index is 12.2. The highest BCUT2D eigenvalue weighted by Gasteiger charge is 2.38. The standard InChI is InChI=1S/C22H31N5O9/c1-11-7-26(21(32)23-19(11)30)17-5-13(16(10-28)36-17)3-4-25(34)9-15-14(29)6-18(35-15)27-8-12(2)20(31)24-22(27)33/h7-8,13-18,28-29,34H,3-6,9-10H2,1-2H3,(H,23,30,32)(H,24,31,33)/t13-,14-,15+,16+,17+,18+/m0/s1. The van der Waals surface area contributed by atoms with Crippen LogP contribution in [0, 0.1) is 19.8 Å². The molecule has 0 unspecified atom stereocenters. The smallest absolute Gasteiger partial charge is 0.330 e. The molecular formula is C22H31N5O9. The van der Waals surface area contributed by atoms with E-state index in [1.165, 1.54) is 21.5 Å². The largest absolute Gasteiger partial charge is 0.394 e. The van der Waals surface area contributed by atoms with E-state index in [9.17, 15) is 34.6 Å². The number of nitrogens with one attached hydrogen (secondary N) is 2. The first-order valence-electron chi connectivity index (χ1n) is 11.7. The molecule has 5 N–H and O–H groups in total. The van der Waals surface area contributed by atoms with Crippen LogP contribution in [0.15, 0.2) is 31.6 Å². The SMILES string of the molecule is Cc1cn([C@H]2C[C@H](CCN(O)C[C@H]3O[C@@H](n4cc(C)c(=O)[nH]c4=O)C[C@@H]3O)[C@@H](CO)O2)c(=O)[nH]c1=O. The van der Waals surface area contributed by atoms with Gasteiger partial charge in [-0.05, 0) is 32.6 Å². The Morgan fingerprint density at radius 2 is 1.47 bits per heavy atom. The lowest BCUT2D eigenvalue weighted by Gasteiger charge is -2.23. The molecule has 14 heteroatoms. The number of aromatic nitrogens is 4. The molecule has 2 aliphatic rings. The number of hydrogen-bond donors (Lipinski definition) is 5. The molecule has 0 aromatic carbocycles. The number of nitrogens with zero attached hydrogens (tertiary/aromatic N) is 3. The molecule has 0 spiro atoms. The van der Waals surface area contributed by atoms with Crippen molar-refractivity contribution in [3.05, 3.63) is 65.2 Å². The van der Waals surface area contributed by atoms with Crippen LogP contribution in [0.3, 0.4) is 0 Å². The van der Waals surface area contributed by atoms with Crippen LogP contribution in [0.4, 0.5) is 0 Å². The molecule has 0 bridgehead atoms. The van der Waals surface area contributed by atoms with Gasteiger partial charge in [0.2, 0.25) is 0 Å². The fourth-order valence-electron chi connectivity index (χ4n) is 4.72. The Bertz CT molecular complexity index is 1310. The first-order chi connectivity index (χ1) is 17.1. The summed E-state index contributed by atoms with van der Waals surface area (Å²) in [5.41, 5.74) is -1.53. The zero-order chi connectivity index (χ0) is 26.1. The van der Waals surface area contributed by atoms with E-state index >= 15 is 0 Å². The third kappa shape index (κ3) is 5.43. The van der Waals surface area contributed by atoms with Gasteiger partial charge in [-0.25, -0.2) is 9.59 Å². The average Bonchev–Trinajstić information content (AvgIpc) is 3.40. The quantitative estimate of drug-likeness (QED) is 0.257. The molecule has 0 radical (unpaired) electrons. The summed E-state index contributed by atoms with van der Waals surface area (Å²) in [6.07, 6.45) is -0.0113. The lowest BCUT2D eigenvalue weighted by atomic mass is 9.97. The Labute approximate surface area is 204 Å². The van der Waals surface area contributed by atoms with Gasteiger partial charge in [0, 0.05) is 36.5 Å². The summed E-state index contributed by atoms with van der Waals surface area (Å²) in [6.45, 7) is 2.99. The summed E-state index contributed by atoms with van der Waals surface area (Å²) in [6, 6.07) is 0. The van der Waals surface area contributed by atoms with E-state index in [1.54, 1.807) is 13.8 Å². The Hall–Kier alpha value is -2.88. The average molecular weight is 510 g/mol. The van der Waals surface area contributed by atoms with E-state index in [4.69, 9.17) is 9.47 Å². The van der Waals surface area contributed by atoms with E-state index in [0.29, 0.717) is 24.0 Å². The predicted octanol–water partition coefficient (Wildman–Crippen LogP) is -1.67. The van der Waals surface area contributed by atoms with Gasteiger partial charge in [-0.3, -0.25) is 28.7 Å². The van der Waals surface area contributed by atoms with Gasteiger partial charge in [-0.1, -0.05) is 0 Å². The molecule has 4 rings (SSSR count). The van der Waals surface area contributed by atoms with Gasteiger partial charge in [0.25, 0.3) is 11.1 Å². The number of ether oxygens (including phenoxy) is 2. The second-order valence-corrected chi connectivity index (χ2v) is 9.40. The van der Waals surface area contributed by atoms with Crippen molar-refractivity contribution in [2.24, 2.45) is 5.92 Å². The number of aryl methyl sites for hydroxylation is 2. The molecule has 0 aliphatic carbocycles. The molecule has 14 nitrogen and oxygen atoms in total. The zero-order valence-corrected chi connectivity index (χ0v) is 20.0. The fourth-order valence-corrected chi connectivity index (χ4v) is 4.72. The third-order valence-electron chi connectivity index (χ3n) is 6.81. The summed E-state index contributed by atoms with van der Waals surface area (Å²) in [5.74, 6) is -0.182. The van der Waals surface area contributed by atoms with Crippen molar-refractivity contribution in [2.75, 3.05) is 19.7 Å². The maximum Gasteiger partial charge on any atom is 0.330 e. The van der Waals surface area contributed by atoms with Crippen LogP contribution in [-0.2, 0) is 9.47 Å². The lowest BCUT2D eigenvalue weighted by molar-refractivity contribution is -0.139. The Morgan fingerprint density at radius 1 is 0.944 bits per heavy atom. The summed E-state index contributed by atoms with van der Waals surface area (Å²) in [7, 11) is 0. The molecule has 4 heterocycles. The minimum absolute atomic E-state index is 0.0336. The molecule has 6 atom stereocenters. The van der Waals surface area contributed by atoms with Crippen molar-refractivity contribution in [1.29, 1.82) is 0 Å². The second kappa shape index (κ2) is 10.6. The van der Waals surface area contributed by atoms with Crippen molar-refractivity contribution < 1.29 is 24.9 Å². The highest BCUT2D eigenvalue weighted by molar-refractivity contribution is 5.03. The highest BCUT2D eigenvalue weighted by Crippen LogP contribution is 2.35. The molecule has 2 fully saturated rings. The Kier molecular flexibility index (Phi) is 7.73. The van der Waals surface area contributed by atoms with Gasteiger partial charge >= 0.3 is 11.4 Å². The molecule has 2 aliphatic heterocycles. The van der Waals surface area contributed by atoms with Crippen LogP contribution in [0.2, 0.25) is 0 Å². The normalized spacial score (nSPS) is 28.3. The minimum atomic E-state index is -0.941. The number of aliphatic hydroxyl groups is 2. The van der Waals surface area contributed by atoms with Gasteiger partial charge in [0.05, 0.1) is 25.4 Å². The number of aliphatic hydroxyl groups excluding tert-OH is 2. The van der Waals surface area contributed by atoms with Gasteiger partial charge < -0.3 is 24.9 Å². The first-order valence-corrected chi connectivity index (χ1v) is 11.7. The van der Waals surface area contributed by atoms with E-state index in [2.05, 4.69) is 9.97 Å². The van der Waals surface area contributed by atoms with Gasteiger partial charge in [-0.2, -0.15) is 5.06 Å². The molecule has 36 heavy (non-hydrogen) atoms. The van der Waals surface area contributed by atoms with E-state index in [0.717, 1.165) is 5.06 Å². The Balaban J connectivity index is 1.34. The number of H-pyrrole nitrogens is 2. The summed E-state index contributed by atoms with van der Waals surface area (Å²) < 4.78 is 14.1. The molecule has 2 saturated heterocycles. The third-order valence-corrected chi connectivity index (χ3v) is 6.81. The number of aromatic amines is 2. The van der Waals surface area contributed by atoms with Crippen molar-refractivity contribution >= 4 is 0 Å². The fraction of sp³-hybridized carbons (Fsp3) is 0.636. The topological polar surface area (TPSA) is 192 Å². The Morgan fingerprint density at radius 3 is 2.03 bits per heavy atom. The van der Waals surface area contributed by atoms with Crippen LogP contribution in [-0.4, -0.2) is 77.6 Å². The van der Waals surface area contributed by atoms with Crippen molar-refractivity contribution in [3.63, 3.8) is 0 Å². The predicted molar refractivity (Wildman–Crippen MR) is 124 cm³/mol. The highest BCUT2D eigenvalue weighted by atomic mass is 16.5. The van der Waals surface area contributed by atoms with Crippen molar-refractivity contribution in [1.82, 2.24) is 24.2 Å². The van der Waals surface area contributed by atoms with Crippen molar-refractivity contribution in [2.45, 2.75) is 63.9 Å². The molecule has 0 saturated carbocycles. The number of rotatable bonds is 8. The van der Waals surface area contributed by atoms with Crippen LogP contribution in [0.1, 0.15) is 42.8 Å². The molecule has 198 valence electrons. The van der Waals surface area contributed by atoms with Crippen LogP contribution >= 0.6 is 0 Å². The van der Waals surface area contributed by atoms with Crippen molar-refractivity contribution in [3.8, 4) is 0 Å². The van der Waals surface area contributed by atoms with Crippen LogP contribution in [0.5, 0.6) is 0 Å². The summed E-state index contributed by atoms with van der Waals surface area (Å²) in [5, 5.41) is 31.6. The summed E-state index contributed by atoms with van der Waals surface area (Å²) >= 11 is 0. The molecular weight excluding hydrogens is 478 g/mol. The zero-order valence-electron chi connectivity index (χ0n) is 20.0. The molecule has 2 aromatic heterocycles. The maximum atomic E-state index is 12.2. The van der Waals surface area contributed by atoms with Crippen LogP contribution in [0.25, 0.3) is 0 Å². The second-order valence-electron chi connectivity index (χ2n) is 9.40. The molecule has 0 amide bonds. The van der Waals surface area contributed by atoms with Gasteiger partial charge in [-0.15, -0.1) is 0 Å². The monoisotopic (exact) mass is 509 g/mol. The first kappa shape index (κ1) is 26.2. The minimum Gasteiger partial charge on any atom is -0.394 e. The number of hydroxylamine groups is 2. The van der Waals surface area contributed by atoms with Gasteiger partial charge in [0.1, 0.15) is 18.6 Å². The lowest BCUT2D eigenvalue weighted by Crippen LogP contribution is -2.37. The van der Waals surface area contributed by atoms with Crippen LogP contribution < -0.4 is 22.5 Å². The summed E-state index contributed by atoms with van der Waals surface area (Å²) in [4.78, 5) is 52.0. The molecule has 2 aromatic rings. The van der Waals surface area contributed by atoms with Gasteiger partial charge in [0.15, 0.2) is 0 Å². The number of hydrogen-bond acceptors (Lipinski definition) is 10. The van der Waals surface area contributed by atoms with E-state index in [1.807, 2.05) is 0 Å². The van der Waals surface area contributed by atoms with E-state index < -0.39 is 53.3 Å².